The Morgan fingerprint density at radius 2 is 1.08 bits per heavy atom. The first-order valence-electron chi connectivity index (χ1n) is 6.52. The molecule has 0 aliphatic heterocycles. The van der Waals surface area contributed by atoms with Crippen LogP contribution in [0.4, 0.5) is 35.1 Å². The molecule has 0 saturated heterocycles. The lowest BCUT2D eigenvalue weighted by Gasteiger charge is -2.32. The van der Waals surface area contributed by atoms with Crippen LogP contribution in [0.25, 0.3) is 0 Å². The fourth-order valence-electron chi connectivity index (χ4n) is 1.15. The number of hydrogen-bond acceptors (Lipinski definition) is 5. The predicted molar refractivity (Wildman–Crippen MR) is 63.3 cm³/mol. The Balaban J connectivity index is 5.82. The second-order valence-electron chi connectivity index (χ2n) is 5.19. The molecule has 0 aliphatic rings. The number of ether oxygens (including phenoxy) is 3. The average Bonchev–Trinajstić information content (AvgIpc) is 2.34. The third kappa shape index (κ3) is 5.16. The van der Waals surface area contributed by atoms with Crippen molar-refractivity contribution in [1.82, 2.24) is 0 Å². The van der Waals surface area contributed by atoms with Crippen LogP contribution in [0, 0.1) is 0 Å². The summed E-state index contributed by atoms with van der Waals surface area (Å²) in [6.07, 6.45) is -15.7. The van der Waals surface area contributed by atoms with Crippen LogP contribution in [0.3, 0.4) is 0 Å². The van der Waals surface area contributed by atoms with Gasteiger partial charge in [0.1, 0.15) is 0 Å². The van der Waals surface area contributed by atoms with Crippen LogP contribution in [0.15, 0.2) is 0 Å². The molecule has 0 aromatic rings. The first-order valence-corrected chi connectivity index (χ1v) is 6.52. The third-order valence-electron chi connectivity index (χ3n) is 2.20. The first-order chi connectivity index (χ1) is 10.9. The van der Waals surface area contributed by atoms with E-state index in [1.807, 2.05) is 0 Å². The van der Waals surface area contributed by atoms with Gasteiger partial charge >= 0.3 is 36.0 Å². The van der Waals surface area contributed by atoms with Gasteiger partial charge in [-0.3, -0.25) is 4.74 Å². The van der Waals surface area contributed by atoms with Crippen molar-refractivity contribution in [1.29, 1.82) is 0 Å². The summed E-state index contributed by atoms with van der Waals surface area (Å²) in [6, 6.07) is 0. The largest absolute Gasteiger partial charge is 0.460 e. The standard InChI is InChI=1S/C12H14F8O5/c1-5(2)23-7(21)9(13,14)12(19,20)25-10(15,11(16,17)18)8(22)24-6(3)4/h5-6H,1-4H3. The summed E-state index contributed by atoms with van der Waals surface area (Å²) in [6.45, 7) is 3.81. The second kappa shape index (κ2) is 7.30. The zero-order valence-electron chi connectivity index (χ0n) is 13.2. The lowest BCUT2D eigenvalue weighted by Crippen LogP contribution is -2.60. The molecule has 0 N–H and O–H groups in total. The third-order valence-corrected chi connectivity index (χ3v) is 2.20. The molecule has 0 spiro atoms. The van der Waals surface area contributed by atoms with Crippen molar-refractivity contribution in [3.63, 3.8) is 0 Å². The van der Waals surface area contributed by atoms with Crippen molar-refractivity contribution in [3.05, 3.63) is 0 Å². The van der Waals surface area contributed by atoms with Gasteiger partial charge in [-0.1, -0.05) is 0 Å². The molecule has 0 bridgehead atoms. The topological polar surface area (TPSA) is 61.8 Å². The Morgan fingerprint density at radius 3 is 1.40 bits per heavy atom. The highest BCUT2D eigenvalue weighted by molar-refractivity contribution is 5.80. The molecule has 0 aliphatic carbocycles. The van der Waals surface area contributed by atoms with Crippen molar-refractivity contribution in [2.75, 3.05) is 0 Å². The Hall–Kier alpha value is -1.66. The van der Waals surface area contributed by atoms with Gasteiger partial charge in [0.25, 0.3) is 0 Å². The van der Waals surface area contributed by atoms with E-state index in [-0.39, 0.29) is 0 Å². The maximum atomic E-state index is 13.8. The molecule has 1 atom stereocenters. The van der Waals surface area contributed by atoms with E-state index in [9.17, 15) is 44.7 Å². The van der Waals surface area contributed by atoms with Gasteiger partial charge in [0, 0.05) is 0 Å². The van der Waals surface area contributed by atoms with Crippen LogP contribution >= 0.6 is 0 Å². The Labute approximate surface area is 136 Å². The molecular weight excluding hydrogens is 376 g/mol. The Kier molecular flexibility index (Phi) is 6.81. The van der Waals surface area contributed by atoms with Gasteiger partial charge in [0.05, 0.1) is 12.2 Å². The van der Waals surface area contributed by atoms with Crippen molar-refractivity contribution in [3.8, 4) is 0 Å². The predicted octanol–water partition coefficient (Wildman–Crippen LogP) is 3.36. The molecule has 148 valence electrons. The zero-order chi connectivity index (χ0) is 20.4. The van der Waals surface area contributed by atoms with Crippen molar-refractivity contribution in [2.24, 2.45) is 0 Å². The molecule has 5 nitrogen and oxygen atoms in total. The van der Waals surface area contributed by atoms with Gasteiger partial charge in [-0.05, 0) is 27.7 Å². The van der Waals surface area contributed by atoms with E-state index in [1.54, 1.807) is 0 Å². The molecule has 0 rings (SSSR count). The maximum Gasteiger partial charge on any atom is 0.460 e. The minimum atomic E-state index is -6.51. The summed E-state index contributed by atoms with van der Waals surface area (Å²) in [7, 11) is 0. The summed E-state index contributed by atoms with van der Waals surface area (Å²) in [5, 5.41) is 0. The Morgan fingerprint density at radius 1 is 0.720 bits per heavy atom. The number of esters is 2. The molecule has 0 aromatic carbocycles. The summed E-state index contributed by atoms with van der Waals surface area (Å²) < 4.78 is 115. The lowest BCUT2D eigenvalue weighted by atomic mass is 10.2. The maximum absolute atomic E-state index is 13.8. The van der Waals surface area contributed by atoms with E-state index < -0.39 is 48.2 Å². The molecule has 0 saturated carbocycles. The van der Waals surface area contributed by atoms with E-state index >= 15 is 0 Å². The minimum absolute atomic E-state index is 0.932. The van der Waals surface area contributed by atoms with Crippen molar-refractivity contribution >= 4 is 11.9 Å². The van der Waals surface area contributed by atoms with E-state index in [2.05, 4.69) is 14.2 Å². The number of rotatable bonds is 7. The smallest absolute Gasteiger partial charge is 0.458 e. The highest BCUT2D eigenvalue weighted by Gasteiger charge is 2.75. The lowest BCUT2D eigenvalue weighted by molar-refractivity contribution is -0.434. The van der Waals surface area contributed by atoms with Crippen LogP contribution in [-0.4, -0.2) is 48.2 Å². The van der Waals surface area contributed by atoms with Gasteiger partial charge < -0.3 is 9.47 Å². The molecule has 0 aromatic heterocycles. The first kappa shape index (κ1) is 23.3. The van der Waals surface area contributed by atoms with Gasteiger partial charge in [-0.15, -0.1) is 0 Å². The van der Waals surface area contributed by atoms with Crippen molar-refractivity contribution in [2.45, 2.75) is 64.0 Å². The molecule has 1 unspecified atom stereocenters. The normalized spacial score (nSPS) is 15.9. The van der Waals surface area contributed by atoms with Gasteiger partial charge in [0.15, 0.2) is 0 Å². The fraction of sp³-hybridized carbons (Fsp3) is 0.833. The summed E-state index contributed by atoms with van der Waals surface area (Å²) >= 11 is 0. The quantitative estimate of drug-likeness (QED) is 0.493. The zero-order valence-corrected chi connectivity index (χ0v) is 13.2. The molecular formula is C12H14F8O5. The average molecular weight is 390 g/mol. The molecule has 25 heavy (non-hydrogen) atoms. The van der Waals surface area contributed by atoms with Gasteiger partial charge in [-0.25, -0.2) is 9.59 Å². The fourth-order valence-corrected chi connectivity index (χ4v) is 1.15. The summed E-state index contributed by atoms with van der Waals surface area (Å²) in [5.74, 6) is -18.0. The molecule has 0 amide bonds. The van der Waals surface area contributed by atoms with Crippen LogP contribution in [0.1, 0.15) is 27.7 Å². The molecule has 0 radical (unpaired) electrons. The molecule has 13 heteroatoms. The number of hydrogen-bond donors (Lipinski definition) is 0. The number of carbonyl (C=O) groups is 2. The molecule has 0 heterocycles. The summed E-state index contributed by atoms with van der Waals surface area (Å²) in [5.41, 5.74) is 0. The van der Waals surface area contributed by atoms with Gasteiger partial charge in [0.2, 0.25) is 0 Å². The molecule has 0 fully saturated rings. The highest BCUT2D eigenvalue weighted by atomic mass is 19.4. The number of carbonyl (C=O) groups excluding carboxylic acids is 2. The van der Waals surface area contributed by atoms with Crippen LogP contribution < -0.4 is 0 Å². The highest BCUT2D eigenvalue weighted by Crippen LogP contribution is 2.46. The van der Waals surface area contributed by atoms with Crippen LogP contribution in [0.5, 0.6) is 0 Å². The number of alkyl halides is 8. The minimum Gasteiger partial charge on any atom is -0.458 e. The second-order valence-corrected chi connectivity index (χ2v) is 5.19. The number of halogens is 8. The SMILES string of the molecule is CC(C)OC(=O)C(F)(F)C(F)(F)OC(F)(C(=O)OC(C)C)C(F)(F)F. The monoisotopic (exact) mass is 390 g/mol. The van der Waals surface area contributed by atoms with Gasteiger partial charge in [-0.2, -0.15) is 35.1 Å². The Bertz CT molecular complexity index is 502. The van der Waals surface area contributed by atoms with E-state index in [4.69, 9.17) is 0 Å². The van der Waals surface area contributed by atoms with Crippen LogP contribution in [-0.2, 0) is 23.8 Å². The van der Waals surface area contributed by atoms with E-state index in [0.717, 1.165) is 27.7 Å². The van der Waals surface area contributed by atoms with Crippen molar-refractivity contribution < 1.29 is 58.9 Å². The van der Waals surface area contributed by atoms with E-state index in [0.29, 0.717) is 0 Å². The van der Waals surface area contributed by atoms with Crippen LogP contribution in [0.2, 0.25) is 0 Å². The summed E-state index contributed by atoms with van der Waals surface area (Å²) in [4.78, 5) is 22.1. The van der Waals surface area contributed by atoms with E-state index in [1.165, 1.54) is 0 Å².